The Labute approximate surface area is 98.9 Å². The maximum atomic E-state index is 4.20. The Morgan fingerprint density at radius 2 is 2.19 bits per heavy atom. The first kappa shape index (κ1) is 13.0. The standard InChI is InChI=1S/C13H23N3/c1-5-8-16(4)13-6-7-14-9-12(13)10-15-11(2)3/h6-7,9,11,15H,5,8,10H2,1-4H3. The molecule has 0 fully saturated rings. The monoisotopic (exact) mass is 221 g/mol. The zero-order valence-corrected chi connectivity index (χ0v) is 10.8. The summed E-state index contributed by atoms with van der Waals surface area (Å²) >= 11 is 0. The maximum absolute atomic E-state index is 4.20. The highest BCUT2D eigenvalue weighted by molar-refractivity contribution is 5.51. The Morgan fingerprint density at radius 1 is 1.44 bits per heavy atom. The molecule has 0 spiro atoms. The van der Waals surface area contributed by atoms with Gasteiger partial charge in [-0.2, -0.15) is 0 Å². The fourth-order valence-electron chi connectivity index (χ4n) is 1.70. The first-order valence-corrected chi connectivity index (χ1v) is 6.02. The van der Waals surface area contributed by atoms with Crippen LogP contribution in [0.25, 0.3) is 0 Å². The minimum atomic E-state index is 0.504. The predicted molar refractivity (Wildman–Crippen MR) is 69.8 cm³/mol. The van der Waals surface area contributed by atoms with E-state index in [-0.39, 0.29) is 0 Å². The van der Waals surface area contributed by atoms with Crippen molar-refractivity contribution < 1.29 is 0 Å². The molecule has 16 heavy (non-hydrogen) atoms. The smallest absolute Gasteiger partial charge is 0.0440 e. The summed E-state index contributed by atoms with van der Waals surface area (Å²) in [5.41, 5.74) is 2.55. The molecule has 0 saturated heterocycles. The van der Waals surface area contributed by atoms with E-state index < -0.39 is 0 Å². The van der Waals surface area contributed by atoms with Gasteiger partial charge in [-0.25, -0.2) is 0 Å². The fraction of sp³-hybridized carbons (Fsp3) is 0.615. The molecule has 1 heterocycles. The molecule has 0 amide bonds. The van der Waals surface area contributed by atoms with Gasteiger partial charge in [0.2, 0.25) is 0 Å². The van der Waals surface area contributed by atoms with Gasteiger partial charge < -0.3 is 10.2 Å². The van der Waals surface area contributed by atoms with E-state index in [0.29, 0.717) is 6.04 Å². The van der Waals surface area contributed by atoms with Crippen LogP contribution >= 0.6 is 0 Å². The van der Waals surface area contributed by atoms with Crippen LogP contribution in [-0.4, -0.2) is 24.6 Å². The summed E-state index contributed by atoms with van der Waals surface area (Å²) in [6, 6.07) is 2.59. The van der Waals surface area contributed by atoms with Gasteiger partial charge in [0.25, 0.3) is 0 Å². The largest absolute Gasteiger partial charge is 0.374 e. The molecule has 1 rings (SSSR count). The zero-order chi connectivity index (χ0) is 12.0. The van der Waals surface area contributed by atoms with Crippen molar-refractivity contribution in [3.63, 3.8) is 0 Å². The number of nitrogens with zero attached hydrogens (tertiary/aromatic N) is 2. The first-order chi connectivity index (χ1) is 7.65. The lowest BCUT2D eigenvalue weighted by Crippen LogP contribution is -2.25. The number of rotatable bonds is 6. The SMILES string of the molecule is CCCN(C)c1ccncc1CNC(C)C. The minimum Gasteiger partial charge on any atom is -0.374 e. The second kappa shape index (κ2) is 6.48. The van der Waals surface area contributed by atoms with Crippen LogP contribution in [0.3, 0.4) is 0 Å². The molecule has 90 valence electrons. The molecule has 3 heteroatoms. The van der Waals surface area contributed by atoms with Gasteiger partial charge in [0, 0.05) is 49.8 Å². The average molecular weight is 221 g/mol. The van der Waals surface area contributed by atoms with Gasteiger partial charge >= 0.3 is 0 Å². The van der Waals surface area contributed by atoms with Crippen molar-refractivity contribution in [2.45, 2.75) is 39.8 Å². The topological polar surface area (TPSA) is 28.2 Å². The van der Waals surface area contributed by atoms with E-state index in [1.165, 1.54) is 11.3 Å². The van der Waals surface area contributed by atoms with Crippen LogP contribution in [0.4, 0.5) is 5.69 Å². The molecule has 0 aromatic carbocycles. The van der Waals surface area contributed by atoms with Crippen molar-refractivity contribution in [1.29, 1.82) is 0 Å². The van der Waals surface area contributed by atoms with Gasteiger partial charge in [0.1, 0.15) is 0 Å². The Bertz CT molecular complexity index is 310. The van der Waals surface area contributed by atoms with E-state index in [0.717, 1.165) is 19.5 Å². The normalized spacial score (nSPS) is 10.8. The molecule has 1 aromatic heterocycles. The molecule has 3 nitrogen and oxygen atoms in total. The molecule has 0 aliphatic carbocycles. The maximum Gasteiger partial charge on any atom is 0.0440 e. The fourth-order valence-corrected chi connectivity index (χ4v) is 1.70. The van der Waals surface area contributed by atoms with Crippen LogP contribution in [0, 0.1) is 0 Å². The van der Waals surface area contributed by atoms with Crippen LogP contribution in [-0.2, 0) is 6.54 Å². The van der Waals surface area contributed by atoms with Gasteiger partial charge in [-0.1, -0.05) is 20.8 Å². The summed E-state index contributed by atoms with van der Waals surface area (Å²) in [7, 11) is 2.14. The molecule has 0 aliphatic rings. The second-order valence-electron chi connectivity index (χ2n) is 4.46. The highest BCUT2D eigenvalue weighted by Crippen LogP contribution is 2.18. The average Bonchev–Trinajstić information content (AvgIpc) is 2.27. The number of hydrogen-bond donors (Lipinski definition) is 1. The van der Waals surface area contributed by atoms with Crippen LogP contribution < -0.4 is 10.2 Å². The quantitative estimate of drug-likeness (QED) is 0.799. The van der Waals surface area contributed by atoms with Crippen LogP contribution in [0.15, 0.2) is 18.5 Å². The van der Waals surface area contributed by atoms with Crippen LogP contribution in [0.2, 0.25) is 0 Å². The van der Waals surface area contributed by atoms with Crippen molar-refractivity contribution >= 4 is 5.69 Å². The lowest BCUT2D eigenvalue weighted by atomic mass is 10.2. The van der Waals surface area contributed by atoms with Crippen molar-refractivity contribution in [3.8, 4) is 0 Å². The van der Waals surface area contributed by atoms with Gasteiger partial charge in [0.05, 0.1) is 0 Å². The van der Waals surface area contributed by atoms with Gasteiger partial charge in [-0.3, -0.25) is 4.98 Å². The summed E-state index contributed by atoms with van der Waals surface area (Å²) in [6.07, 6.45) is 4.98. The summed E-state index contributed by atoms with van der Waals surface area (Å²) in [5.74, 6) is 0. The second-order valence-corrected chi connectivity index (χ2v) is 4.46. The molecule has 0 bridgehead atoms. The Hall–Kier alpha value is -1.09. The first-order valence-electron chi connectivity index (χ1n) is 6.02. The molecule has 0 unspecified atom stereocenters. The van der Waals surface area contributed by atoms with Crippen LogP contribution in [0.1, 0.15) is 32.8 Å². The number of hydrogen-bond acceptors (Lipinski definition) is 3. The van der Waals surface area contributed by atoms with Gasteiger partial charge in [-0.05, 0) is 12.5 Å². The Balaban J connectivity index is 2.74. The van der Waals surface area contributed by atoms with E-state index in [4.69, 9.17) is 0 Å². The third-order valence-corrected chi connectivity index (χ3v) is 2.55. The number of nitrogens with one attached hydrogen (secondary N) is 1. The van der Waals surface area contributed by atoms with E-state index >= 15 is 0 Å². The third-order valence-electron chi connectivity index (χ3n) is 2.55. The zero-order valence-electron chi connectivity index (χ0n) is 10.8. The predicted octanol–water partition coefficient (Wildman–Crippen LogP) is 2.43. The van der Waals surface area contributed by atoms with Gasteiger partial charge in [0.15, 0.2) is 0 Å². The summed E-state index contributed by atoms with van der Waals surface area (Å²) in [6.45, 7) is 8.48. The van der Waals surface area contributed by atoms with E-state index in [2.05, 4.69) is 49.1 Å². The minimum absolute atomic E-state index is 0.504. The molecule has 0 radical (unpaired) electrons. The number of pyridine rings is 1. The summed E-state index contributed by atoms with van der Waals surface area (Å²) in [5, 5.41) is 3.43. The van der Waals surface area contributed by atoms with Crippen molar-refractivity contribution in [3.05, 3.63) is 24.0 Å². The third kappa shape index (κ3) is 3.81. The lowest BCUT2D eigenvalue weighted by molar-refractivity contribution is 0.587. The van der Waals surface area contributed by atoms with E-state index in [1.807, 2.05) is 12.4 Å². The molecule has 0 atom stereocenters. The van der Waals surface area contributed by atoms with E-state index in [1.54, 1.807) is 0 Å². The highest BCUT2D eigenvalue weighted by Gasteiger charge is 2.06. The highest BCUT2D eigenvalue weighted by atomic mass is 15.1. The van der Waals surface area contributed by atoms with Gasteiger partial charge in [-0.15, -0.1) is 0 Å². The number of aromatic nitrogens is 1. The Kier molecular flexibility index (Phi) is 5.26. The Morgan fingerprint density at radius 3 is 2.81 bits per heavy atom. The molecule has 0 aliphatic heterocycles. The van der Waals surface area contributed by atoms with Crippen molar-refractivity contribution in [2.75, 3.05) is 18.5 Å². The molecular weight excluding hydrogens is 198 g/mol. The molecule has 1 N–H and O–H groups in total. The van der Waals surface area contributed by atoms with Crippen LogP contribution in [0.5, 0.6) is 0 Å². The van der Waals surface area contributed by atoms with E-state index in [9.17, 15) is 0 Å². The summed E-state index contributed by atoms with van der Waals surface area (Å²) < 4.78 is 0. The van der Waals surface area contributed by atoms with Crippen molar-refractivity contribution in [1.82, 2.24) is 10.3 Å². The number of anilines is 1. The lowest BCUT2D eigenvalue weighted by Gasteiger charge is -2.22. The molecule has 1 aromatic rings. The molecular formula is C13H23N3. The van der Waals surface area contributed by atoms with Crippen molar-refractivity contribution in [2.24, 2.45) is 0 Å². The molecule has 0 saturated carbocycles. The summed E-state index contributed by atoms with van der Waals surface area (Å²) in [4.78, 5) is 6.49.